The van der Waals surface area contributed by atoms with Crippen LogP contribution in [-0.2, 0) is 30.7 Å². The van der Waals surface area contributed by atoms with Crippen LogP contribution in [0.3, 0.4) is 0 Å². The smallest absolute Gasteiger partial charge is 0.259 e. The van der Waals surface area contributed by atoms with Gasteiger partial charge in [0, 0.05) is 40.3 Å². The van der Waals surface area contributed by atoms with Gasteiger partial charge in [-0.3, -0.25) is 9.59 Å². The number of anilines is 1. The van der Waals surface area contributed by atoms with Gasteiger partial charge >= 0.3 is 0 Å². The van der Waals surface area contributed by atoms with Crippen molar-refractivity contribution in [3.63, 3.8) is 0 Å². The Hall–Kier alpha value is -3.96. The third-order valence-electron chi connectivity index (χ3n) is 8.31. The molecule has 54 heavy (non-hydrogen) atoms. The van der Waals surface area contributed by atoms with Crippen molar-refractivity contribution in [2.24, 2.45) is 0 Å². The predicted octanol–water partition coefficient (Wildman–Crippen LogP) is 6.46. The van der Waals surface area contributed by atoms with Crippen LogP contribution < -0.4 is 24.4 Å². The second-order valence-corrected chi connectivity index (χ2v) is 15.8. The van der Waals surface area contributed by atoms with Crippen LogP contribution in [0.4, 0.5) is 5.69 Å². The molecule has 1 aliphatic heterocycles. The second-order valence-electron chi connectivity index (χ2n) is 11.8. The summed E-state index contributed by atoms with van der Waals surface area (Å²) < 4.78 is 51.1. The number of ether oxygens (including phenoxy) is 4. The monoisotopic (exact) mass is 905 g/mol. The first kappa shape index (κ1) is 41.2. The number of amides is 2. The number of sulfonamides is 1. The molecule has 0 saturated heterocycles. The summed E-state index contributed by atoms with van der Waals surface area (Å²) in [5.41, 5.74) is 3.86. The molecule has 4 aromatic rings. The molecule has 4 aromatic carbocycles. The standard InChI is InChI=1S/C38H38Br2ClN3O9S/c1-50-34-10-6-27(41)23-31(34)37(46)42-12-11-24-3-7-28(8-4-24)54(48,49)43-13-15-52-17-18-53-16-14-44-33-9-5-26(39)22-29(33)30(38(44)47)19-25-20-32(40)36(45)35(21-25)51-2/h3-10,19-23,43,45H,11-18H2,1-2H3,(H,42,46)/b30-19+. The fourth-order valence-corrected chi connectivity index (χ4v) is 7.61. The highest BCUT2D eigenvalue weighted by atomic mass is 79.9. The molecule has 0 aliphatic carbocycles. The molecule has 0 unspecified atom stereocenters. The van der Waals surface area contributed by atoms with Crippen molar-refractivity contribution in [1.82, 2.24) is 10.0 Å². The van der Waals surface area contributed by atoms with Gasteiger partial charge in [0.2, 0.25) is 10.0 Å². The summed E-state index contributed by atoms with van der Waals surface area (Å²) in [5.74, 6) is 0.157. The van der Waals surface area contributed by atoms with Crippen molar-refractivity contribution >= 4 is 82.6 Å². The summed E-state index contributed by atoms with van der Waals surface area (Å²) in [6.07, 6.45) is 2.25. The fraction of sp³-hybridized carbons (Fsp3) is 0.263. The lowest BCUT2D eigenvalue weighted by Crippen LogP contribution is -2.30. The average molecular weight is 908 g/mol. The van der Waals surface area contributed by atoms with E-state index < -0.39 is 10.0 Å². The molecule has 0 fully saturated rings. The molecule has 1 aliphatic rings. The number of rotatable bonds is 18. The van der Waals surface area contributed by atoms with Crippen LogP contribution in [0.25, 0.3) is 11.6 Å². The maximum Gasteiger partial charge on any atom is 0.259 e. The van der Waals surface area contributed by atoms with Crippen molar-refractivity contribution in [1.29, 1.82) is 0 Å². The number of halogens is 3. The minimum Gasteiger partial charge on any atom is -0.503 e. The largest absolute Gasteiger partial charge is 0.503 e. The van der Waals surface area contributed by atoms with Gasteiger partial charge in [-0.25, -0.2) is 13.1 Å². The molecule has 0 saturated carbocycles. The molecule has 0 atom stereocenters. The molecular formula is C38H38Br2ClN3O9S. The van der Waals surface area contributed by atoms with Gasteiger partial charge in [0.05, 0.1) is 61.3 Å². The third-order valence-corrected chi connectivity index (χ3v) is 11.1. The topological polar surface area (TPSA) is 153 Å². The minimum absolute atomic E-state index is 0.0261. The third kappa shape index (κ3) is 10.4. The predicted molar refractivity (Wildman–Crippen MR) is 214 cm³/mol. The molecule has 0 aromatic heterocycles. The van der Waals surface area contributed by atoms with Crippen LogP contribution in [0, 0.1) is 0 Å². The molecule has 0 radical (unpaired) electrons. The molecule has 0 spiro atoms. The van der Waals surface area contributed by atoms with Gasteiger partial charge in [-0.05, 0) is 100 Å². The average Bonchev–Trinajstić information content (AvgIpc) is 3.40. The van der Waals surface area contributed by atoms with Crippen molar-refractivity contribution in [2.75, 3.05) is 65.2 Å². The Morgan fingerprint density at radius 3 is 2.33 bits per heavy atom. The van der Waals surface area contributed by atoms with Gasteiger partial charge in [-0.2, -0.15) is 0 Å². The number of phenolic OH excluding ortho intramolecular Hbond substituents is 1. The zero-order valence-corrected chi connectivity index (χ0v) is 34.1. The number of hydrogen-bond donors (Lipinski definition) is 3. The Balaban J connectivity index is 1.01. The summed E-state index contributed by atoms with van der Waals surface area (Å²) in [4.78, 5) is 27.9. The van der Waals surface area contributed by atoms with Crippen LogP contribution in [0.2, 0.25) is 5.02 Å². The van der Waals surface area contributed by atoms with Gasteiger partial charge < -0.3 is 34.3 Å². The first-order valence-electron chi connectivity index (χ1n) is 16.7. The summed E-state index contributed by atoms with van der Waals surface area (Å²) in [7, 11) is -0.823. The number of aromatic hydroxyl groups is 1. The molecule has 0 bridgehead atoms. The number of benzene rings is 4. The number of nitrogens with one attached hydrogen (secondary N) is 2. The zero-order chi connectivity index (χ0) is 38.8. The Morgan fingerprint density at radius 2 is 1.61 bits per heavy atom. The first-order valence-corrected chi connectivity index (χ1v) is 20.1. The highest BCUT2D eigenvalue weighted by Crippen LogP contribution is 2.41. The lowest BCUT2D eigenvalue weighted by molar-refractivity contribution is -0.113. The Morgan fingerprint density at radius 1 is 0.889 bits per heavy atom. The molecule has 2 amide bonds. The summed E-state index contributed by atoms with van der Waals surface area (Å²) >= 11 is 12.8. The summed E-state index contributed by atoms with van der Waals surface area (Å²) in [5, 5.41) is 13.4. The Bertz CT molecular complexity index is 2130. The Labute approximate surface area is 335 Å². The number of hydrogen-bond acceptors (Lipinski definition) is 9. The maximum atomic E-state index is 13.6. The van der Waals surface area contributed by atoms with E-state index >= 15 is 0 Å². The zero-order valence-electron chi connectivity index (χ0n) is 29.4. The van der Waals surface area contributed by atoms with Crippen LogP contribution in [0.5, 0.6) is 17.2 Å². The van der Waals surface area contributed by atoms with Crippen molar-refractivity contribution in [3.05, 3.63) is 109 Å². The number of nitrogens with zero attached hydrogens (tertiary/aromatic N) is 1. The minimum atomic E-state index is -3.76. The molecule has 1 heterocycles. The van der Waals surface area contributed by atoms with E-state index in [4.69, 9.17) is 30.5 Å². The van der Waals surface area contributed by atoms with E-state index in [0.717, 1.165) is 21.3 Å². The van der Waals surface area contributed by atoms with Crippen molar-refractivity contribution in [3.8, 4) is 17.2 Å². The molecule has 12 nitrogen and oxygen atoms in total. The first-order chi connectivity index (χ1) is 25.9. The quantitative estimate of drug-likeness (QED) is 0.0755. The van der Waals surface area contributed by atoms with Crippen molar-refractivity contribution < 1.29 is 42.1 Å². The van der Waals surface area contributed by atoms with Crippen molar-refractivity contribution in [2.45, 2.75) is 11.3 Å². The molecular weight excluding hydrogens is 870 g/mol. The number of phenols is 1. The van der Waals surface area contributed by atoms with Crippen LogP contribution in [-0.4, -0.2) is 85.6 Å². The molecule has 16 heteroatoms. The van der Waals surface area contributed by atoms with E-state index in [0.29, 0.717) is 51.5 Å². The van der Waals surface area contributed by atoms with E-state index in [1.165, 1.54) is 32.4 Å². The Kier molecular flexibility index (Phi) is 14.6. The number of carbonyl (C=O) groups is 2. The lowest BCUT2D eigenvalue weighted by Gasteiger charge is -2.17. The second kappa shape index (κ2) is 19.1. The van der Waals surface area contributed by atoms with Crippen LogP contribution >= 0.6 is 43.5 Å². The van der Waals surface area contributed by atoms with Gasteiger partial charge in [-0.1, -0.05) is 39.7 Å². The SMILES string of the molecule is COc1ccc(Cl)cc1C(=O)NCCc1ccc(S(=O)(=O)NCCOCCOCCN2C(=O)/C(=C/c3cc(Br)c(O)c(OC)c3)c3cc(Br)ccc32)cc1. The van der Waals surface area contributed by atoms with Gasteiger partial charge in [0.15, 0.2) is 11.5 Å². The van der Waals surface area contributed by atoms with Gasteiger partial charge in [0.25, 0.3) is 11.8 Å². The molecule has 3 N–H and O–H groups in total. The maximum absolute atomic E-state index is 13.6. The van der Waals surface area contributed by atoms with E-state index in [1.807, 2.05) is 18.2 Å². The van der Waals surface area contributed by atoms with Gasteiger partial charge in [-0.15, -0.1) is 0 Å². The fourth-order valence-electron chi connectivity index (χ4n) is 5.61. The van der Waals surface area contributed by atoms with E-state index in [9.17, 15) is 23.1 Å². The van der Waals surface area contributed by atoms with Gasteiger partial charge in [0.1, 0.15) is 5.75 Å². The van der Waals surface area contributed by atoms with E-state index in [2.05, 4.69) is 41.9 Å². The summed E-state index contributed by atoms with van der Waals surface area (Å²) in [6.45, 7) is 1.57. The number of fused-ring (bicyclic) bond motifs is 1. The molecule has 286 valence electrons. The van der Waals surface area contributed by atoms with E-state index in [1.54, 1.807) is 47.4 Å². The highest BCUT2D eigenvalue weighted by Gasteiger charge is 2.32. The number of carbonyl (C=O) groups excluding carboxylic acids is 2. The van der Waals surface area contributed by atoms with Crippen LogP contribution in [0.1, 0.15) is 27.0 Å². The highest BCUT2D eigenvalue weighted by molar-refractivity contribution is 9.10. The number of methoxy groups -OCH3 is 2. The van der Waals surface area contributed by atoms with Crippen LogP contribution in [0.15, 0.2) is 86.6 Å². The normalized spacial score (nSPS) is 13.3. The molecule has 5 rings (SSSR count). The summed E-state index contributed by atoms with van der Waals surface area (Å²) in [6, 6.07) is 20.2. The lowest BCUT2D eigenvalue weighted by atomic mass is 10.0. The van der Waals surface area contributed by atoms with E-state index in [-0.39, 0.29) is 61.2 Å².